The normalized spacial score (nSPS) is 13.9. The lowest BCUT2D eigenvalue weighted by molar-refractivity contribution is -0.139. The van der Waals surface area contributed by atoms with Crippen LogP contribution in [-0.4, -0.2) is 63.4 Å². The lowest BCUT2D eigenvalue weighted by atomic mass is 9.98. The van der Waals surface area contributed by atoms with Gasteiger partial charge >= 0.3 is 12.1 Å². The number of aliphatic carboxylic acids is 1. The van der Waals surface area contributed by atoms with E-state index < -0.39 is 36.5 Å². The fourth-order valence-corrected chi connectivity index (χ4v) is 4.22. The molecule has 2 aromatic carbocycles. The number of ether oxygens (including phenoxy) is 1. The highest BCUT2D eigenvalue weighted by Gasteiger charge is 2.30. The van der Waals surface area contributed by atoms with Gasteiger partial charge in [-0.05, 0) is 22.3 Å². The first-order chi connectivity index (χ1) is 16.9. The highest BCUT2D eigenvalue weighted by Crippen LogP contribution is 2.44. The molecule has 0 spiro atoms. The number of aliphatic hydroxyl groups is 1. The number of amides is 2. The number of carbonyl (C=O) groups is 3. The first kappa shape index (κ1) is 24.0. The molecule has 0 fully saturated rings. The van der Waals surface area contributed by atoms with Crippen molar-refractivity contribution >= 4 is 18.0 Å². The van der Waals surface area contributed by atoms with E-state index in [0.717, 1.165) is 22.3 Å². The van der Waals surface area contributed by atoms with E-state index in [1.807, 2.05) is 48.5 Å². The first-order valence-corrected chi connectivity index (χ1v) is 11.2. The molecule has 182 valence electrons. The minimum Gasteiger partial charge on any atom is -0.481 e. The standard InChI is InChI=1S/C25H26N4O6/c30-16(10-23(31)32)12-27-24(33)22(9-15-11-26-14-28-15)29-25(34)35-13-21-19-7-3-1-5-17(19)18-6-2-4-8-20(18)21/h1-8,11,14,16,21-22,30H,9-10,12-13H2,(H,26,28)(H,27,33)(H,29,34)(H,31,32)/t16?,22-/m0/s1. The molecule has 5 N–H and O–H groups in total. The molecule has 1 aliphatic rings. The minimum atomic E-state index is -1.25. The molecule has 0 aliphatic heterocycles. The summed E-state index contributed by atoms with van der Waals surface area (Å²) in [5.41, 5.74) is 4.96. The third-order valence-electron chi connectivity index (χ3n) is 5.85. The molecule has 0 radical (unpaired) electrons. The summed E-state index contributed by atoms with van der Waals surface area (Å²) in [6.07, 6.45) is 0.556. The van der Waals surface area contributed by atoms with Crippen molar-refractivity contribution < 1.29 is 29.3 Å². The number of fused-ring (bicyclic) bond motifs is 3. The van der Waals surface area contributed by atoms with Gasteiger partial charge in [0.25, 0.3) is 0 Å². The lowest BCUT2D eigenvalue weighted by Crippen LogP contribution is -2.49. The van der Waals surface area contributed by atoms with Crippen LogP contribution in [0.5, 0.6) is 0 Å². The molecule has 0 bridgehead atoms. The summed E-state index contributed by atoms with van der Waals surface area (Å²) in [5, 5.41) is 23.5. The van der Waals surface area contributed by atoms with Gasteiger partial charge in [-0.3, -0.25) is 9.59 Å². The maximum absolute atomic E-state index is 12.7. The van der Waals surface area contributed by atoms with Gasteiger partial charge in [0, 0.05) is 30.8 Å². The molecule has 0 saturated carbocycles. The lowest BCUT2D eigenvalue weighted by Gasteiger charge is -2.20. The smallest absolute Gasteiger partial charge is 0.407 e. The van der Waals surface area contributed by atoms with E-state index in [9.17, 15) is 19.5 Å². The fraction of sp³-hybridized carbons (Fsp3) is 0.280. The summed E-state index contributed by atoms with van der Waals surface area (Å²) in [7, 11) is 0. The number of aliphatic hydroxyl groups excluding tert-OH is 1. The molecule has 10 heteroatoms. The SMILES string of the molecule is O=C(O)CC(O)CNC(=O)[C@H](Cc1cnc[nH]1)NC(=O)OCC1c2ccccc2-c2ccccc21. The number of rotatable bonds is 10. The van der Waals surface area contributed by atoms with Crippen LogP contribution in [0, 0.1) is 0 Å². The highest BCUT2D eigenvalue weighted by atomic mass is 16.5. The monoisotopic (exact) mass is 478 g/mol. The molecule has 35 heavy (non-hydrogen) atoms. The molecular formula is C25H26N4O6. The van der Waals surface area contributed by atoms with Crippen LogP contribution in [0.3, 0.4) is 0 Å². The van der Waals surface area contributed by atoms with Gasteiger partial charge in [0.05, 0.1) is 18.9 Å². The quantitative estimate of drug-likeness (QED) is 0.298. The van der Waals surface area contributed by atoms with Gasteiger partial charge in [0.2, 0.25) is 5.91 Å². The van der Waals surface area contributed by atoms with E-state index in [1.165, 1.54) is 12.5 Å². The third kappa shape index (κ3) is 5.85. The number of hydrogen-bond donors (Lipinski definition) is 5. The summed E-state index contributed by atoms with van der Waals surface area (Å²) < 4.78 is 5.53. The van der Waals surface area contributed by atoms with Crippen LogP contribution in [0.25, 0.3) is 11.1 Å². The zero-order valence-corrected chi connectivity index (χ0v) is 18.8. The number of aromatic nitrogens is 2. The second-order valence-electron chi connectivity index (χ2n) is 8.30. The molecule has 4 rings (SSSR count). The van der Waals surface area contributed by atoms with Crippen LogP contribution in [0.1, 0.15) is 29.2 Å². The van der Waals surface area contributed by atoms with E-state index in [-0.39, 0.29) is 25.5 Å². The van der Waals surface area contributed by atoms with Gasteiger partial charge in [-0.25, -0.2) is 9.78 Å². The van der Waals surface area contributed by atoms with E-state index in [2.05, 4.69) is 20.6 Å². The Morgan fingerprint density at radius 3 is 2.31 bits per heavy atom. The van der Waals surface area contributed by atoms with Crippen molar-refractivity contribution in [2.75, 3.05) is 13.2 Å². The number of benzene rings is 2. The van der Waals surface area contributed by atoms with Crippen molar-refractivity contribution in [1.29, 1.82) is 0 Å². The molecule has 1 aliphatic carbocycles. The summed E-state index contributed by atoms with van der Waals surface area (Å²) in [5.74, 6) is -1.89. The number of aromatic amines is 1. The van der Waals surface area contributed by atoms with E-state index >= 15 is 0 Å². The van der Waals surface area contributed by atoms with Crippen LogP contribution < -0.4 is 10.6 Å². The van der Waals surface area contributed by atoms with E-state index in [1.54, 1.807) is 0 Å². The summed E-state index contributed by atoms with van der Waals surface area (Å²) in [4.78, 5) is 42.9. The number of hydrogen-bond acceptors (Lipinski definition) is 6. The fourth-order valence-electron chi connectivity index (χ4n) is 4.22. The Morgan fingerprint density at radius 2 is 1.71 bits per heavy atom. The molecule has 1 heterocycles. The van der Waals surface area contributed by atoms with Crippen LogP contribution in [0.15, 0.2) is 61.1 Å². The predicted molar refractivity (Wildman–Crippen MR) is 126 cm³/mol. The maximum Gasteiger partial charge on any atom is 0.407 e. The van der Waals surface area contributed by atoms with Gasteiger partial charge in [0.15, 0.2) is 0 Å². The molecule has 2 amide bonds. The van der Waals surface area contributed by atoms with Crippen molar-refractivity contribution in [1.82, 2.24) is 20.6 Å². The Bertz CT molecular complexity index is 1150. The maximum atomic E-state index is 12.7. The van der Waals surface area contributed by atoms with Crippen molar-refractivity contribution in [3.8, 4) is 11.1 Å². The Kier molecular flexibility index (Phi) is 7.41. The number of nitrogens with zero attached hydrogens (tertiary/aromatic N) is 1. The molecule has 1 aromatic heterocycles. The van der Waals surface area contributed by atoms with Crippen LogP contribution in [0.4, 0.5) is 4.79 Å². The summed E-state index contributed by atoms with van der Waals surface area (Å²) in [6, 6.07) is 14.9. The second kappa shape index (κ2) is 10.8. The molecule has 1 unspecified atom stereocenters. The average Bonchev–Trinajstić information content (AvgIpc) is 3.46. The van der Waals surface area contributed by atoms with Gasteiger partial charge in [-0.15, -0.1) is 0 Å². The van der Waals surface area contributed by atoms with E-state index in [0.29, 0.717) is 5.69 Å². The van der Waals surface area contributed by atoms with Crippen molar-refractivity contribution in [2.45, 2.75) is 30.9 Å². The molecule has 3 aromatic rings. The number of carboxylic acids is 1. The number of H-pyrrole nitrogens is 1. The number of imidazole rings is 1. The van der Waals surface area contributed by atoms with Crippen LogP contribution in [-0.2, 0) is 20.7 Å². The van der Waals surface area contributed by atoms with Gasteiger partial charge in [0.1, 0.15) is 12.6 Å². The Hall–Kier alpha value is -4.18. The van der Waals surface area contributed by atoms with Crippen molar-refractivity contribution in [2.24, 2.45) is 0 Å². The minimum absolute atomic E-state index is 0.0928. The highest BCUT2D eigenvalue weighted by molar-refractivity contribution is 5.86. The topological polar surface area (TPSA) is 154 Å². The average molecular weight is 479 g/mol. The first-order valence-electron chi connectivity index (χ1n) is 11.2. The van der Waals surface area contributed by atoms with Crippen molar-refractivity contribution in [3.05, 3.63) is 77.9 Å². The predicted octanol–water partition coefficient (Wildman–Crippen LogP) is 1.81. The van der Waals surface area contributed by atoms with Crippen LogP contribution in [0.2, 0.25) is 0 Å². The second-order valence-corrected chi connectivity index (χ2v) is 8.30. The molecular weight excluding hydrogens is 452 g/mol. The largest absolute Gasteiger partial charge is 0.481 e. The Morgan fingerprint density at radius 1 is 1.06 bits per heavy atom. The molecule has 10 nitrogen and oxygen atoms in total. The van der Waals surface area contributed by atoms with Crippen molar-refractivity contribution in [3.63, 3.8) is 0 Å². The summed E-state index contributed by atoms with van der Waals surface area (Å²) in [6.45, 7) is -0.174. The molecule has 2 atom stereocenters. The summed E-state index contributed by atoms with van der Waals surface area (Å²) >= 11 is 0. The number of nitrogens with one attached hydrogen (secondary N) is 3. The van der Waals surface area contributed by atoms with Gasteiger partial charge < -0.3 is 30.6 Å². The zero-order valence-electron chi connectivity index (χ0n) is 18.8. The number of carboxylic acid groups (broad SMARTS) is 1. The molecule has 0 saturated heterocycles. The Balaban J connectivity index is 1.40. The van der Waals surface area contributed by atoms with Crippen LogP contribution >= 0.6 is 0 Å². The Labute approximate surface area is 201 Å². The van der Waals surface area contributed by atoms with Gasteiger partial charge in [-0.1, -0.05) is 48.5 Å². The van der Waals surface area contributed by atoms with E-state index in [4.69, 9.17) is 9.84 Å². The number of carbonyl (C=O) groups excluding carboxylic acids is 2. The van der Waals surface area contributed by atoms with Gasteiger partial charge in [-0.2, -0.15) is 0 Å². The zero-order chi connectivity index (χ0) is 24.8. The third-order valence-corrected chi connectivity index (χ3v) is 5.85. The number of alkyl carbamates (subject to hydrolysis) is 1.